The van der Waals surface area contributed by atoms with Gasteiger partial charge in [-0.1, -0.05) is 0 Å². The molecular weight excluding hydrogens is 620 g/mol. The molecule has 0 aliphatic carbocycles. The standard InChI is InChI=1S/C22H16O12.C7H6O5/c1-8-5-12(24)10(6-23)19-15(8)22(31)34-20-11(7-32-14(27)4-3-13(25)26)17(28)16(21(29)30)9(2)18(20)33-19;8-4-1-3(7(11)12)2-5(9)6(4)10/h3-6,24,28H,7H2,1-2H3,(H,25,26)(H,29,30);1-2,8-10H,(H,11,12). The molecule has 0 unspecified atom stereocenters. The molecule has 0 aromatic heterocycles. The molecule has 0 amide bonds. The first kappa shape index (κ1) is 33.7. The van der Waals surface area contributed by atoms with E-state index in [0.717, 1.165) is 18.2 Å². The van der Waals surface area contributed by atoms with E-state index in [4.69, 9.17) is 39.7 Å². The number of fused-ring (bicyclic) bond motifs is 2. The highest BCUT2D eigenvalue weighted by Crippen LogP contribution is 2.50. The minimum Gasteiger partial charge on any atom is -0.507 e. The quantitative estimate of drug-likeness (QED) is 0.0604. The Bertz CT molecular complexity index is 1830. The Morgan fingerprint density at radius 3 is 1.91 bits per heavy atom. The molecule has 0 fully saturated rings. The summed E-state index contributed by atoms with van der Waals surface area (Å²) < 4.78 is 15.9. The van der Waals surface area contributed by atoms with Crippen molar-refractivity contribution in [2.24, 2.45) is 0 Å². The third-order valence-electron chi connectivity index (χ3n) is 6.19. The van der Waals surface area contributed by atoms with Crippen molar-refractivity contribution in [2.75, 3.05) is 0 Å². The van der Waals surface area contributed by atoms with E-state index < -0.39 is 93.4 Å². The highest BCUT2D eigenvalue weighted by atomic mass is 16.6. The van der Waals surface area contributed by atoms with Crippen molar-refractivity contribution >= 4 is 36.1 Å². The number of aliphatic carboxylic acids is 1. The van der Waals surface area contributed by atoms with E-state index in [1.54, 1.807) is 0 Å². The molecule has 1 heterocycles. The fourth-order valence-corrected chi connectivity index (χ4v) is 4.05. The van der Waals surface area contributed by atoms with Gasteiger partial charge < -0.3 is 55.1 Å². The van der Waals surface area contributed by atoms with Crippen LogP contribution in [-0.4, -0.2) is 77.0 Å². The Kier molecular flexibility index (Phi) is 9.71. The fraction of sp³-hybridized carbons (Fsp3) is 0.103. The molecule has 46 heavy (non-hydrogen) atoms. The zero-order valence-electron chi connectivity index (χ0n) is 23.4. The second kappa shape index (κ2) is 13.2. The molecule has 0 spiro atoms. The molecule has 3 aromatic carbocycles. The number of carboxylic acid groups (broad SMARTS) is 3. The van der Waals surface area contributed by atoms with E-state index in [0.29, 0.717) is 12.2 Å². The molecule has 17 heteroatoms. The number of esters is 2. The van der Waals surface area contributed by atoms with Gasteiger partial charge in [0.05, 0.1) is 16.7 Å². The largest absolute Gasteiger partial charge is 0.507 e. The molecule has 1 aliphatic heterocycles. The number of benzene rings is 3. The number of hydrogen-bond donors (Lipinski definition) is 8. The third kappa shape index (κ3) is 6.72. The maximum Gasteiger partial charge on any atom is 0.347 e. The van der Waals surface area contributed by atoms with Crippen molar-refractivity contribution in [1.82, 2.24) is 0 Å². The fourth-order valence-electron chi connectivity index (χ4n) is 4.05. The second-order valence-electron chi connectivity index (χ2n) is 9.18. The van der Waals surface area contributed by atoms with Crippen LogP contribution in [0.5, 0.6) is 46.0 Å². The van der Waals surface area contributed by atoms with E-state index in [-0.39, 0.29) is 34.3 Å². The van der Waals surface area contributed by atoms with Crippen LogP contribution in [0.2, 0.25) is 0 Å². The van der Waals surface area contributed by atoms with E-state index in [1.165, 1.54) is 13.8 Å². The molecule has 0 saturated carbocycles. The first-order valence-electron chi connectivity index (χ1n) is 12.4. The van der Waals surface area contributed by atoms with Gasteiger partial charge in [-0.3, -0.25) is 4.79 Å². The molecule has 0 saturated heterocycles. The van der Waals surface area contributed by atoms with Crippen molar-refractivity contribution in [1.29, 1.82) is 0 Å². The monoisotopic (exact) mass is 642 g/mol. The lowest BCUT2D eigenvalue weighted by Crippen LogP contribution is -2.13. The molecule has 240 valence electrons. The van der Waals surface area contributed by atoms with Gasteiger partial charge in [0.2, 0.25) is 0 Å². The van der Waals surface area contributed by atoms with Crippen LogP contribution >= 0.6 is 0 Å². The van der Waals surface area contributed by atoms with Crippen LogP contribution in [0.15, 0.2) is 30.4 Å². The van der Waals surface area contributed by atoms with Gasteiger partial charge in [-0.2, -0.15) is 0 Å². The van der Waals surface area contributed by atoms with Gasteiger partial charge in [0, 0.05) is 17.7 Å². The SMILES string of the molecule is Cc1cc(O)c(C=O)c2c1C(=O)Oc1c(COC(=O)C=CC(=O)O)c(O)c(C(=O)O)c(C)c1O2.O=C(O)c1cc(O)c(O)c(O)c1. The molecule has 17 nitrogen and oxygen atoms in total. The minimum absolute atomic E-state index is 0.169. The summed E-state index contributed by atoms with van der Waals surface area (Å²) in [6.07, 6.45) is 1.30. The number of hydrogen-bond acceptors (Lipinski definition) is 14. The van der Waals surface area contributed by atoms with E-state index in [9.17, 15) is 44.1 Å². The maximum atomic E-state index is 12.9. The predicted molar refractivity (Wildman–Crippen MR) is 148 cm³/mol. The van der Waals surface area contributed by atoms with Crippen LogP contribution in [-0.2, 0) is 20.9 Å². The van der Waals surface area contributed by atoms with Gasteiger partial charge in [-0.15, -0.1) is 0 Å². The van der Waals surface area contributed by atoms with Crippen molar-refractivity contribution in [3.63, 3.8) is 0 Å². The van der Waals surface area contributed by atoms with Gasteiger partial charge in [0.25, 0.3) is 0 Å². The van der Waals surface area contributed by atoms with Gasteiger partial charge in [0.15, 0.2) is 40.8 Å². The lowest BCUT2D eigenvalue weighted by molar-refractivity contribution is -0.139. The number of carbonyl (C=O) groups excluding carboxylic acids is 3. The van der Waals surface area contributed by atoms with Crippen LogP contribution in [0, 0.1) is 13.8 Å². The first-order valence-corrected chi connectivity index (χ1v) is 12.4. The number of phenolic OH excluding ortho intramolecular Hbond substituents is 4. The summed E-state index contributed by atoms with van der Waals surface area (Å²) in [6, 6.07) is 2.82. The normalized spacial score (nSPS) is 11.5. The van der Waals surface area contributed by atoms with Crippen molar-refractivity contribution in [2.45, 2.75) is 20.5 Å². The number of aromatic carboxylic acids is 2. The van der Waals surface area contributed by atoms with Crippen LogP contribution in [0.25, 0.3) is 0 Å². The van der Waals surface area contributed by atoms with Crippen LogP contribution in [0.1, 0.15) is 58.1 Å². The Balaban J connectivity index is 0.000000402. The summed E-state index contributed by atoms with van der Waals surface area (Å²) in [5.74, 6) is -11.2. The number of carbonyl (C=O) groups is 6. The zero-order valence-corrected chi connectivity index (χ0v) is 23.4. The minimum atomic E-state index is -1.60. The average molecular weight is 642 g/mol. The summed E-state index contributed by atoms with van der Waals surface area (Å²) in [5.41, 5.74) is -2.09. The second-order valence-corrected chi connectivity index (χ2v) is 9.18. The number of phenols is 5. The molecule has 4 rings (SSSR count). The summed E-state index contributed by atoms with van der Waals surface area (Å²) in [5, 5.41) is 73.9. The number of aldehydes is 1. The van der Waals surface area contributed by atoms with Crippen molar-refractivity contribution in [3.05, 3.63) is 69.3 Å². The number of ether oxygens (including phenoxy) is 3. The van der Waals surface area contributed by atoms with Crippen molar-refractivity contribution < 1.29 is 83.8 Å². The third-order valence-corrected chi connectivity index (χ3v) is 6.19. The summed E-state index contributed by atoms with van der Waals surface area (Å²) in [4.78, 5) is 68.9. The predicted octanol–water partition coefficient (Wildman–Crippen LogP) is 2.74. The molecule has 1 aliphatic rings. The lowest BCUT2D eigenvalue weighted by atomic mass is 10.0. The molecule has 0 bridgehead atoms. The van der Waals surface area contributed by atoms with Crippen molar-refractivity contribution in [3.8, 4) is 46.0 Å². The van der Waals surface area contributed by atoms with E-state index >= 15 is 0 Å². The topological polar surface area (TPSA) is 292 Å². The van der Waals surface area contributed by atoms with E-state index in [2.05, 4.69) is 0 Å². The summed E-state index contributed by atoms with van der Waals surface area (Å²) in [6.45, 7) is 1.83. The van der Waals surface area contributed by atoms with Crippen LogP contribution in [0.4, 0.5) is 0 Å². The molecule has 0 atom stereocenters. The van der Waals surface area contributed by atoms with Gasteiger partial charge in [-0.25, -0.2) is 24.0 Å². The number of aromatic hydroxyl groups is 5. The molecule has 3 aromatic rings. The molecule has 8 N–H and O–H groups in total. The smallest absolute Gasteiger partial charge is 0.347 e. The van der Waals surface area contributed by atoms with E-state index in [1.807, 2.05) is 0 Å². The molecular formula is C29H22O17. The summed E-state index contributed by atoms with van der Waals surface area (Å²) >= 11 is 0. The maximum absolute atomic E-state index is 12.9. The number of aryl methyl sites for hydroxylation is 1. The Morgan fingerprint density at radius 2 is 1.39 bits per heavy atom. The Hall–Kier alpha value is -6.78. The number of rotatable bonds is 7. The highest BCUT2D eigenvalue weighted by Gasteiger charge is 2.35. The number of carboxylic acids is 3. The first-order chi connectivity index (χ1) is 21.5. The average Bonchev–Trinajstić information content (AvgIpc) is 3.11. The lowest BCUT2D eigenvalue weighted by Gasteiger charge is -2.18. The van der Waals surface area contributed by atoms with Gasteiger partial charge in [0.1, 0.15) is 29.2 Å². The Morgan fingerprint density at radius 1 is 0.783 bits per heavy atom. The summed E-state index contributed by atoms with van der Waals surface area (Å²) in [7, 11) is 0. The zero-order chi connectivity index (χ0) is 34.6. The molecule has 0 radical (unpaired) electrons. The Labute approximate surface area is 256 Å². The van der Waals surface area contributed by atoms with Crippen LogP contribution in [0.3, 0.4) is 0 Å². The van der Waals surface area contributed by atoms with Gasteiger partial charge >= 0.3 is 29.8 Å². The van der Waals surface area contributed by atoms with Crippen LogP contribution < -0.4 is 9.47 Å². The highest BCUT2D eigenvalue weighted by molar-refractivity contribution is 6.03. The van der Waals surface area contributed by atoms with Gasteiger partial charge in [-0.05, 0) is 37.6 Å².